The van der Waals surface area contributed by atoms with Gasteiger partial charge in [-0.2, -0.15) is 0 Å². The normalized spacial score (nSPS) is 11.7. The minimum atomic E-state index is -0.263. The largest absolute Gasteiger partial charge is 0.463 e. The highest BCUT2D eigenvalue weighted by Gasteiger charge is 2.09. The van der Waals surface area contributed by atoms with E-state index in [-0.39, 0.29) is 5.97 Å². The van der Waals surface area contributed by atoms with Crippen LogP contribution in [-0.4, -0.2) is 12.6 Å². The molecule has 18 heavy (non-hydrogen) atoms. The Bertz CT molecular complexity index is 413. The van der Waals surface area contributed by atoms with Crippen LogP contribution in [0.15, 0.2) is 30.3 Å². The molecule has 1 aromatic carbocycles. The molecule has 0 N–H and O–H groups in total. The zero-order valence-electron chi connectivity index (χ0n) is 11.7. The second-order valence-corrected chi connectivity index (χ2v) is 4.56. The van der Waals surface area contributed by atoms with E-state index in [0.717, 1.165) is 17.6 Å². The molecule has 1 rings (SSSR count). The van der Waals surface area contributed by atoms with E-state index in [2.05, 4.69) is 45.0 Å². The zero-order valence-corrected chi connectivity index (χ0v) is 11.7. The number of ether oxygens (including phenoxy) is 1. The molecule has 0 fully saturated rings. The van der Waals surface area contributed by atoms with Gasteiger partial charge in [0.15, 0.2) is 0 Å². The summed E-state index contributed by atoms with van der Waals surface area (Å²) in [5.41, 5.74) is 3.42. The van der Waals surface area contributed by atoms with Gasteiger partial charge in [0, 0.05) is 6.08 Å². The summed E-state index contributed by atoms with van der Waals surface area (Å²) in [4.78, 5) is 11.6. The lowest BCUT2D eigenvalue weighted by Crippen LogP contribution is -2.03. The molecule has 0 aliphatic rings. The molecule has 2 heteroatoms. The summed E-state index contributed by atoms with van der Waals surface area (Å²) < 4.78 is 4.97. The van der Waals surface area contributed by atoms with Gasteiger partial charge in [-0.05, 0) is 36.0 Å². The van der Waals surface area contributed by atoms with Crippen LogP contribution in [0.1, 0.15) is 38.8 Å². The van der Waals surface area contributed by atoms with Crippen molar-refractivity contribution in [3.63, 3.8) is 0 Å². The topological polar surface area (TPSA) is 26.3 Å². The predicted molar refractivity (Wildman–Crippen MR) is 75.3 cm³/mol. The molecular formula is C16H22O2. The average Bonchev–Trinajstić information content (AvgIpc) is 2.36. The van der Waals surface area contributed by atoms with Crippen LogP contribution < -0.4 is 0 Å². The van der Waals surface area contributed by atoms with Crippen molar-refractivity contribution in [2.45, 2.75) is 34.1 Å². The van der Waals surface area contributed by atoms with E-state index in [9.17, 15) is 4.79 Å². The molecule has 0 unspecified atom stereocenters. The van der Waals surface area contributed by atoms with Gasteiger partial charge < -0.3 is 4.74 Å². The summed E-state index contributed by atoms with van der Waals surface area (Å²) in [7, 11) is 0. The third kappa shape index (κ3) is 4.02. The lowest BCUT2D eigenvalue weighted by atomic mass is 9.94. The van der Waals surface area contributed by atoms with E-state index in [1.165, 1.54) is 5.56 Å². The molecule has 98 valence electrons. The summed E-state index contributed by atoms with van der Waals surface area (Å²) in [5.74, 6) is 0.0302. The summed E-state index contributed by atoms with van der Waals surface area (Å²) in [5, 5.41) is 0. The van der Waals surface area contributed by atoms with E-state index >= 15 is 0 Å². The third-order valence-electron chi connectivity index (χ3n) is 2.88. The maximum Gasteiger partial charge on any atom is 0.331 e. The fourth-order valence-corrected chi connectivity index (χ4v) is 1.83. The van der Waals surface area contributed by atoms with Crippen molar-refractivity contribution in [3.8, 4) is 0 Å². The Balaban J connectivity index is 3.00. The molecule has 0 aromatic heterocycles. The first kappa shape index (κ1) is 14.5. The summed E-state index contributed by atoms with van der Waals surface area (Å²) in [6, 6.07) is 8.36. The molecule has 0 saturated carbocycles. The predicted octanol–water partition coefficient (Wildman–Crippen LogP) is 3.85. The molecule has 0 bridgehead atoms. The fraction of sp³-hybridized carbons (Fsp3) is 0.438. The quantitative estimate of drug-likeness (QED) is 0.582. The fourth-order valence-electron chi connectivity index (χ4n) is 1.83. The number of carbonyl (C=O) groups is 1. The molecule has 2 nitrogen and oxygen atoms in total. The van der Waals surface area contributed by atoms with E-state index in [0.29, 0.717) is 12.5 Å². The Labute approximate surface area is 110 Å². The summed E-state index contributed by atoms with van der Waals surface area (Å²) >= 11 is 0. The minimum absolute atomic E-state index is 0.263. The average molecular weight is 246 g/mol. The second-order valence-electron chi connectivity index (χ2n) is 4.56. The highest BCUT2D eigenvalue weighted by molar-refractivity contribution is 5.91. The zero-order chi connectivity index (χ0) is 13.5. The van der Waals surface area contributed by atoms with Crippen LogP contribution in [0, 0.1) is 5.92 Å². The molecular weight excluding hydrogens is 224 g/mol. The number of aryl methyl sites for hydroxylation is 1. The van der Waals surface area contributed by atoms with Gasteiger partial charge in [-0.3, -0.25) is 0 Å². The second kappa shape index (κ2) is 7.00. The van der Waals surface area contributed by atoms with Crippen LogP contribution >= 0.6 is 0 Å². The monoisotopic (exact) mass is 246 g/mol. The van der Waals surface area contributed by atoms with Crippen LogP contribution in [0.25, 0.3) is 5.57 Å². The first-order chi connectivity index (χ1) is 8.58. The van der Waals surface area contributed by atoms with Crippen LogP contribution in [0.3, 0.4) is 0 Å². The lowest BCUT2D eigenvalue weighted by molar-refractivity contribution is -0.137. The molecule has 0 aliphatic heterocycles. The Morgan fingerprint density at radius 2 is 1.83 bits per heavy atom. The first-order valence-electron chi connectivity index (χ1n) is 6.56. The van der Waals surface area contributed by atoms with Gasteiger partial charge in [0.05, 0.1) is 6.61 Å². The number of allylic oxidation sites excluding steroid dienone is 1. The first-order valence-corrected chi connectivity index (χ1v) is 6.56. The van der Waals surface area contributed by atoms with Crippen LogP contribution in [-0.2, 0) is 16.0 Å². The number of benzene rings is 1. The molecule has 0 spiro atoms. The van der Waals surface area contributed by atoms with Crippen molar-refractivity contribution >= 4 is 11.5 Å². The number of hydrogen-bond acceptors (Lipinski definition) is 2. The third-order valence-corrected chi connectivity index (χ3v) is 2.88. The van der Waals surface area contributed by atoms with E-state index in [1.807, 2.05) is 6.92 Å². The van der Waals surface area contributed by atoms with E-state index < -0.39 is 0 Å². The Morgan fingerprint density at radius 3 is 2.28 bits per heavy atom. The van der Waals surface area contributed by atoms with E-state index in [4.69, 9.17) is 4.74 Å². The molecule has 0 atom stereocenters. The summed E-state index contributed by atoms with van der Waals surface area (Å²) in [6.07, 6.45) is 2.63. The molecule has 0 aliphatic carbocycles. The maximum atomic E-state index is 11.6. The lowest BCUT2D eigenvalue weighted by Gasteiger charge is -2.12. The van der Waals surface area contributed by atoms with Gasteiger partial charge in [0.25, 0.3) is 0 Å². The molecule has 1 aromatic rings. The number of rotatable bonds is 5. The van der Waals surface area contributed by atoms with Crippen LogP contribution in [0.2, 0.25) is 0 Å². The van der Waals surface area contributed by atoms with Crippen LogP contribution in [0.4, 0.5) is 0 Å². The number of hydrogen-bond donors (Lipinski definition) is 0. The van der Waals surface area contributed by atoms with Crippen molar-refractivity contribution in [1.82, 2.24) is 0 Å². The minimum Gasteiger partial charge on any atom is -0.463 e. The highest BCUT2D eigenvalue weighted by atomic mass is 16.5. The SMILES string of the molecule is CCOC(=O)C=C(c1ccc(CC)cc1)C(C)C. The van der Waals surface area contributed by atoms with Crippen molar-refractivity contribution in [2.75, 3.05) is 6.61 Å². The van der Waals surface area contributed by atoms with Crippen molar-refractivity contribution in [1.29, 1.82) is 0 Å². The Hall–Kier alpha value is -1.57. The standard InChI is InChI=1S/C16H22O2/c1-5-13-7-9-14(10-8-13)15(12(3)4)11-16(17)18-6-2/h7-12H,5-6H2,1-4H3. The van der Waals surface area contributed by atoms with E-state index in [1.54, 1.807) is 6.08 Å². The molecule has 0 heterocycles. The Kier molecular flexibility index (Phi) is 5.63. The maximum absolute atomic E-state index is 11.6. The van der Waals surface area contributed by atoms with Gasteiger partial charge in [-0.15, -0.1) is 0 Å². The van der Waals surface area contributed by atoms with Gasteiger partial charge in [-0.1, -0.05) is 45.0 Å². The van der Waals surface area contributed by atoms with Crippen molar-refractivity contribution in [2.24, 2.45) is 5.92 Å². The van der Waals surface area contributed by atoms with Gasteiger partial charge in [0.2, 0.25) is 0 Å². The molecule has 0 saturated heterocycles. The van der Waals surface area contributed by atoms with Gasteiger partial charge in [-0.25, -0.2) is 4.79 Å². The molecule has 0 radical (unpaired) electrons. The number of carbonyl (C=O) groups excluding carboxylic acids is 1. The number of esters is 1. The summed E-state index contributed by atoms with van der Waals surface area (Å²) in [6.45, 7) is 8.52. The smallest absolute Gasteiger partial charge is 0.331 e. The van der Waals surface area contributed by atoms with Crippen LogP contribution in [0.5, 0.6) is 0 Å². The van der Waals surface area contributed by atoms with Crippen molar-refractivity contribution in [3.05, 3.63) is 41.5 Å². The van der Waals surface area contributed by atoms with Crippen molar-refractivity contribution < 1.29 is 9.53 Å². The van der Waals surface area contributed by atoms with Gasteiger partial charge in [0.1, 0.15) is 0 Å². The molecule has 0 amide bonds. The highest BCUT2D eigenvalue weighted by Crippen LogP contribution is 2.23. The Morgan fingerprint density at radius 1 is 1.22 bits per heavy atom. The van der Waals surface area contributed by atoms with Gasteiger partial charge >= 0.3 is 5.97 Å².